The van der Waals surface area contributed by atoms with E-state index < -0.39 is 0 Å². The molecule has 0 aliphatic carbocycles. The molecule has 0 aliphatic rings. The number of fused-ring (bicyclic) bond motifs is 1. The van der Waals surface area contributed by atoms with Gasteiger partial charge in [0.1, 0.15) is 5.75 Å². The van der Waals surface area contributed by atoms with Crippen molar-refractivity contribution in [3.8, 4) is 5.75 Å². The van der Waals surface area contributed by atoms with Gasteiger partial charge in [-0.3, -0.25) is 0 Å². The topological polar surface area (TPSA) is 40.5 Å². The van der Waals surface area contributed by atoms with Gasteiger partial charge < -0.3 is 10.2 Å². The van der Waals surface area contributed by atoms with Gasteiger partial charge in [0, 0.05) is 9.58 Å². The maximum atomic E-state index is 9.32. The van der Waals surface area contributed by atoms with E-state index in [0.29, 0.717) is 0 Å². The van der Waals surface area contributed by atoms with E-state index in [1.807, 2.05) is 6.07 Å². The Bertz CT molecular complexity index is 460. The highest BCUT2D eigenvalue weighted by molar-refractivity contribution is 7.19. The Balaban J connectivity index is 2.73. The molecule has 0 bridgehead atoms. The summed E-state index contributed by atoms with van der Waals surface area (Å²) in [6, 6.07) is 5.35. The molecule has 1 heterocycles. The maximum absolute atomic E-state index is 9.32. The molecule has 0 saturated heterocycles. The van der Waals surface area contributed by atoms with Gasteiger partial charge in [-0.1, -0.05) is 6.92 Å². The number of aliphatic hydroxyl groups is 1. The molecule has 14 heavy (non-hydrogen) atoms. The number of thiophene rings is 1. The van der Waals surface area contributed by atoms with Crippen LogP contribution in [0.2, 0.25) is 0 Å². The first-order chi connectivity index (χ1) is 6.76. The first kappa shape index (κ1) is 9.49. The van der Waals surface area contributed by atoms with E-state index in [1.165, 1.54) is 5.56 Å². The number of hydrogen-bond acceptors (Lipinski definition) is 3. The molecule has 0 saturated carbocycles. The number of rotatable bonds is 2. The van der Waals surface area contributed by atoms with Gasteiger partial charge in [0.05, 0.1) is 6.61 Å². The number of phenols is 1. The predicted molar refractivity (Wildman–Crippen MR) is 58.8 cm³/mol. The summed E-state index contributed by atoms with van der Waals surface area (Å²) in [5, 5.41) is 19.6. The van der Waals surface area contributed by atoms with E-state index in [2.05, 4.69) is 6.92 Å². The van der Waals surface area contributed by atoms with Gasteiger partial charge in [-0.15, -0.1) is 11.3 Å². The number of aliphatic hydroxyl groups excluding tert-OH is 1. The van der Waals surface area contributed by atoms with E-state index in [1.54, 1.807) is 23.5 Å². The first-order valence-electron chi connectivity index (χ1n) is 4.60. The Morgan fingerprint density at radius 3 is 2.79 bits per heavy atom. The van der Waals surface area contributed by atoms with E-state index in [9.17, 15) is 5.11 Å². The average Bonchev–Trinajstić information content (AvgIpc) is 2.54. The van der Waals surface area contributed by atoms with Crippen LogP contribution >= 0.6 is 11.3 Å². The molecule has 1 aromatic carbocycles. The van der Waals surface area contributed by atoms with Crippen molar-refractivity contribution in [3.63, 3.8) is 0 Å². The summed E-state index contributed by atoms with van der Waals surface area (Å²) in [4.78, 5) is 1.01. The van der Waals surface area contributed by atoms with Crippen LogP contribution in [0.1, 0.15) is 17.4 Å². The lowest BCUT2D eigenvalue weighted by molar-refractivity contribution is 0.284. The first-order valence-corrected chi connectivity index (χ1v) is 5.42. The van der Waals surface area contributed by atoms with E-state index >= 15 is 0 Å². The predicted octanol–water partition coefficient (Wildman–Crippen LogP) is 2.66. The number of benzene rings is 1. The second kappa shape index (κ2) is 3.59. The number of aromatic hydroxyl groups is 1. The zero-order chi connectivity index (χ0) is 10.1. The highest BCUT2D eigenvalue weighted by Crippen LogP contribution is 2.33. The van der Waals surface area contributed by atoms with Gasteiger partial charge in [0.25, 0.3) is 0 Å². The summed E-state index contributed by atoms with van der Waals surface area (Å²) in [6.07, 6.45) is 0.917. The molecule has 2 N–H and O–H groups in total. The van der Waals surface area contributed by atoms with Crippen LogP contribution in [0.3, 0.4) is 0 Å². The Morgan fingerprint density at radius 1 is 1.36 bits per heavy atom. The quantitative estimate of drug-likeness (QED) is 0.796. The molecule has 0 fully saturated rings. The molecule has 0 aliphatic heterocycles. The van der Waals surface area contributed by atoms with Crippen molar-refractivity contribution in [2.45, 2.75) is 20.0 Å². The lowest BCUT2D eigenvalue weighted by Crippen LogP contribution is -1.84. The minimum atomic E-state index is 0.0866. The second-order valence-electron chi connectivity index (χ2n) is 3.20. The summed E-state index contributed by atoms with van der Waals surface area (Å²) in [5.74, 6) is 0.283. The third-order valence-corrected chi connectivity index (χ3v) is 3.54. The molecular formula is C11H12O2S. The van der Waals surface area contributed by atoms with Gasteiger partial charge in [0.15, 0.2) is 0 Å². The van der Waals surface area contributed by atoms with Crippen molar-refractivity contribution in [1.82, 2.24) is 0 Å². The molecule has 0 unspecified atom stereocenters. The van der Waals surface area contributed by atoms with Crippen molar-refractivity contribution in [1.29, 1.82) is 0 Å². The maximum Gasteiger partial charge on any atom is 0.117 e. The molecular weight excluding hydrogens is 196 g/mol. The summed E-state index contributed by atoms with van der Waals surface area (Å²) < 4.78 is 1.05. The van der Waals surface area contributed by atoms with Crippen LogP contribution in [-0.4, -0.2) is 10.2 Å². The zero-order valence-electron chi connectivity index (χ0n) is 7.95. The van der Waals surface area contributed by atoms with E-state index in [0.717, 1.165) is 21.4 Å². The fraction of sp³-hybridized carbons (Fsp3) is 0.273. The second-order valence-corrected chi connectivity index (χ2v) is 4.33. The number of phenolic OH excluding ortho intramolecular Hbond substituents is 1. The van der Waals surface area contributed by atoms with Crippen LogP contribution in [0.15, 0.2) is 18.2 Å². The van der Waals surface area contributed by atoms with Crippen molar-refractivity contribution >= 4 is 21.4 Å². The smallest absolute Gasteiger partial charge is 0.117 e. The Labute approximate surface area is 86.4 Å². The third kappa shape index (κ3) is 1.38. The summed E-state index contributed by atoms with van der Waals surface area (Å²) in [7, 11) is 0. The molecule has 2 aromatic rings. The van der Waals surface area contributed by atoms with Crippen molar-refractivity contribution in [2.75, 3.05) is 0 Å². The molecule has 0 atom stereocenters. The molecule has 0 spiro atoms. The number of aryl methyl sites for hydroxylation is 1. The van der Waals surface area contributed by atoms with Gasteiger partial charge in [-0.2, -0.15) is 0 Å². The Morgan fingerprint density at radius 2 is 2.14 bits per heavy atom. The Hall–Kier alpha value is -1.06. The van der Waals surface area contributed by atoms with Crippen LogP contribution in [0.5, 0.6) is 5.75 Å². The SMILES string of the molecule is CCc1c(CO)sc2cc(O)ccc12. The highest BCUT2D eigenvalue weighted by Gasteiger charge is 2.09. The molecule has 0 amide bonds. The molecule has 1 aromatic heterocycles. The van der Waals surface area contributed by atoms with Crippen molar-refractivity contribution in [3.05, 3.63) is 28.6 Å². The standard InChI is InChI=1S/C11H12O2S/c1-2-8-9-4-3-7(13)5-10(9)14-11(8)6-12/h3-5,12-13H,2,6H2,1H3. The minimum absolute atomic E-state index is 0.0866. The molecule has 0 radical (unpaired) electrons. The van der Waals surface area contributed by atoms with Crippen molar-refractivity contribution in [2.24, 2.45) is 0 Å². The van der Waals surface area contributed by atoms with Gasteiger partial charge in [-0.25, -0.2) is 0 Å². The van der Waals surface area contributed by atoms with Crippen LogP contribution in [0, 0.1) is 0 Å². The molecule has 3 heteroatoms. The van der Waals surface area contributed by atoms with Gasteiger partial charge >= 0.3 is 0 Å². The van der Waals surface area contributed by atoms with Crippen LogP contribution < -0.4 is 0 Å². The minimum Gasteiger partial charge on any atom is -0.508 e. The van der Waals surface area contributed by atoms with Crippen LogP contribution in [0.25, 0.3) is 10.1 Å². The Kier molecular flexibility index (Phi) is 2.44. The fourth-order valence-electron chi connectivity index (χ4n) is 1.70. The average molecular weight is 208 g/mol. The third-order valence-electron chi connectivity index (χ3n) is 2.36. The summed E-state index contributed by atoms with van der Waals surface area (Å²) >= 11 is 1.55. The largest absolute Gasteiger partial charge is 0.508 e. The fourth-order valence-corrected chi connectivity index (χ4v) is 2.89. The van der Waals surface area contributed by atoms with E-state index in [4.69, 9.17) is 5.11 Å². The molecule has 74 valence electrons. The zero-order valence-corrected chi connectivity index (χ0v) is 8.77. The van der Waals surface area contributed by atoms with E-state index in [-0.39, 0.29) is 12.4 Å². The highest BCUT2D eigenvalue weighted by atomic mass is 32.1. The summed E-state index contributed by atoms with van der Waals surface area (Å²) in [5.41, 5.74) is 1.20. The van der Waals surface area contributed by atoms with Crippen LogP contribution in [0.4, 0.5) is 0 Å². The molecule has 2 nitrogen and oxygen atoms in total. The van der Waals surface area contributed by atoms with Crippen molar-refractivity contribution < 1.29 is 10.2 Å². The number of hydrogen-bond donors (Lipinski definition) is 2. The summed E-state index contributed by atoms with van der Waals surface area (Å²) in [6.45, 7) is 2.16. The van der Waals surface area contributed by atoms with Gasteiger partial charge in [0.2, 0.25) is 0 Å². The monoisotopic (exact) mass is 208 g/mol. The molecule has 2 rings (SSSR count). The lowest BCUT2D eigenvalue weighted by Gasteiger charge is -1.97. The van der Waals surface area contributed by atoms with Crippen LogP contribution in [-0.2, 0) is 13.0 Å². The normalized spacial score (nSPS) is 11.0. The lowest BCUT2D eigenvalue weighted by atomic mass is 10.1. The van der Waals surface area contributed by atoms with Gasteiger partial charge in [-0.05, 0) is 35.6 Å².